The SMILES string of the molecule is Clc1ccc(C(OCCCCN2CCN(c3nccs3)CC2)c2ccccc2)cc1. The molecule has 1 aliphatic heterocycles. The lowest BCUT2D eigenvalue weighted by Gasteiger charge is -2.34. The second kappa shape index (κ2) is 10.9. The predicted molar refractivity (Wildman–Crippen MR) is 126 cm³/mol. The molecule has 0 radical (unpaired) electrons. The lowest BCUT2D eigenvalue weighted by molar-refractivity contribution is 0.0751. The van der Waals surface area contributed by atoms with Gasteiger partial charge in [-0.1, -0.05) is 54.1 Å². The molecule has 2 aromatic carbocycles. The van der Waals surface area contributed by atoms with E-state index in [9.17, 15) is 0 Å². The Balaban J connectivity index is 1.22. The summed E-state index contributed by atoms with van der Waals surface area (Å²) in [5.41, 5.74) is 2.32. The van der Waals surface area contributed by atoms with E-state index < -0.39 is 0 Å². The average Bonchev–Trinajstić information content (AvgIpc) is 3.33. The number of thiazole rings is 1. The van der Waals surface area contributed by atoms with Crippen molar-refractivity contribution in [2.45, 2.75) is 18.9 Å². The van der Waals surface area contributed by atoms with Gasteiger partial charge in [0.2, 0.25) is 0 Å². The zero-order chi connectivity index (χ0) is 20.6. The molecular formula is C24H28ClN3OS. The van der Waals surface area contributed by atoms with Crippen LogP contribution >= 0.6 is 22.9 Å². The highest BCUT2D eigenvalue weighted by atomic mass is 35.5. The van der Waals surface area contributed by atoms with Crippen LogP contribution < -0.4 is 4.90 Å². The van der Waals surface area contributed by atoms with Gasteiger partial charge in [0.05, 0.1) is 0 Å². The molecule has 0 saturated carbocycles. The normalized spacial score (nSPS) is 16.0. The second-order valence-electron chi connectivity index (χ2n) is 7.56. The zero-order valence-electron chi connectivity index (χ0n) is 17.1. The van der Waals surface area contributed by atoms with E-state index >= 15 is 0 Å². The number of benzene rings is 2. The Morgan fingerprint density at radius 2 is 1.67 bits per heavy atom. The van der Waals surface area contributed by atoms with E-state index in [1.54, 1.807) is 11.3 Å². The number of halogens is 1. The van der Waals surface area contributed by atoms with Gasteiger partial charge in [0, 0.05) is 49.4 Å². The molecule has 6 heteroatoms. The van der Waals surface area contributed by atoms with E-state index in [2.05, 4.69) is 56.6 Å². The summed E-state index contributed by atoms with van der Waals surface area (Å²) < 4.78 is 6.33. The summed E-state index contributed by atoms with van der Waals surface area (Å²) in [6.45, 7) is 6.23. The minimum absolute atomic E-state index is 0.0506. The maximum Gasteiger partial charge on any atom is 0.185 e. The molecule has 158 valence electrons. The minimum atomic E-state index is -0.0506. The second-order valence-corrected chi connectivity index (χ2v) is 8.87. The van der Waals surface area contributed by atoms with Gasteiger partial charge in [0.1, 0.15) is 6.10 Å². The van der Waals surface area contributed by atoms with Gasteiger partial charge in [-0.2, -0.15) is 0 Å². The summed E-state index contributed by atoms with van der Waals surface area (Å²) in [5, 5.41) is 3.95. The van der Waals surface area contributed by atoms with E-state index in [0.717, 1.165) is 67.9 Å². The van der Waals surface area contributed by atoms with E-state index in [-0.39, 0.29) is 6.10 Å². The number of rotatable bonds is 9. The molecule has 0 spiro atoms. The third kappa shape index (κ3) is 5.82. The number of hydrogen-bond donors (Lipinski definition) is 0. The molecule has 1 fully saturated rings. The number of unbranched alkanes of at least 4 members (excludes halogenated alkanes) is 1. The first-order chi connectivity index (χ1) is 14.8. The summed E-state index contributed by atoms with van der Waals surface area (Å²) in [5.74, 6) is 0. The van der Waals surface area contributed by atoms with E-state index in [1.807, 2.05) is 24.4 Å². The molecule has 0 aliphatic carbocycles. The third-order valence-electron chi connectivity index (χ3n) is 5.49. The molecule has 1 saturated heterocycles. The number of ether oxygens (including phenoxy) is 1. The minimum Gasteiger partial charge on any atom is -0.369 e. The van der Waals surface area contributed by atoms with Crippen molar-refractivity contribution in [1.29, 1.82) is 0 Å². The quantitative estimate of drug-likeness (QED) is 0.409. The van der Waals surface area contributed by atoms with Crippen molar-refractivity contribution in [3.8, 4) is 0 Å². The lowest BCUT2D eigenvalue weighted by Crippen LogP contribution is -2.46. The van der Waals surface area contributed by atoms with Crippen LogP contribution in [0.4, 0.5) is 5.13 Å². The van der Waals surface area contributed by atoms with Crippen molar-refractivity contribution in [3.63, 3.8) is 0 Å². The first kappa shape index (κ1) is 21.3. The van der Waals surface area contributed by atoms with Crippen molar-refractivity contribution in [3.05, 3.63) is 82.3 Å². The van der Waals surface area contributed by atoms with Crippen LogP contribution in [-0.2, 0) is 4.74 Å². The first-order valence-electron chi connectivity index (χ1n) is 10.6. The van der Waals surface area contributed by atoms with Crippen LogP contribution in [0.3, 0.4) is 0 Å². The first-order valence-corrected chi connectivity index (χ1v) is 11.8. The van der Waals surface area contributed by atoms with Crippen LogP contribution in [-0.4, -0.2) is 49.2 Å². The van der Waals surface area contributed by atoms with E-state index in [1.165, 1.54) is 5.56 Å². The number of aromatic nitrogens is 1. The zero-order valence-corrected chi connectivity index (χ0v) is 18.7. The maximum atomic E-state index is 6.33. The fraction of sp³-hybridized carbons (Fsp3) is 0.375. The van der Waals surface area contributed by atoms with Crippen LogP contribution in [0, 0.1) is 0 Å². The van der Waals surface area contributed by atoms with Gasteiger partial charge in [0.15, 0.2) is 5.13 Å². The van der Waals surface area contributed by atoms with Crippen LogP contribution in [0.1, 0.15) is 30.1 Å². The standard InChI is InChI=1S/C24H28ClN3OS/c25-22-10-8-21(9-11-22)23(20-6-2-1-3-7-20)29-18-5-4-13-27-14-16-28(17-15-27)24-26-12-19-30-24/h1-3,6-12,19,23H,4-5,13-18H2. The topological polar surface area (TPSA) is 28.6 Å². The van der Waals surface area contributed by atoms with Crippen molar-refractivity contribution in [2.24, 2.45) is 0 Å². The van der Waals surface area contributed by atoms with Gasteiger partial charge < -0.3 is 9.64 Å². The smallest absolute Gasteiger partial charge is 0.185 e. The molecule has 0 bridgehead atoms. The molecule has 2 heterocycles. The molecule has 1 atom stereocenters. The highest BCUT2D eigenvalue weighted by Crippen LogP contribution is 2.27. The van der Waals surface area contributed by atoms with Crippen LogP contribution in [0.25, 0.3) is 0 Å². The maximum absolute atomic E-state index is 6.33. The largest absolute Gasteiger partial charge is 0.369 e. The van der Waals surface area contributed by atoms with Gasteiger partial charge in [-0.25, -0.2) is 4.98 Å². The summed E-state index contributed by atoms with van der Waals surface area (Å²) in [6.07, 6.45) is 4.05. The molecule has 0 N–H and O–H groups in total. The monoisotopic (exact) mass is 441 g/mol. The van der Waals surface area contributed by atoms with Gasteiger partial charge in [-0.05, 0) is 42.6 Å². The Bertz CT molecular complexity index is 865. The molecule has 4 rings (SSSR count). The highest BCUT2D eigenvalue weighted by Gasteiger charge is 2.18. The Kier molecular flexibility index (Phi) is 7.76. The van der Waals surface area contributed by atoms with Crippen molar-refractivity contribution < 1.29 is 4.74 Å². The predicted octanol–water partition coefficient (Wildman–Crippen LogP) is 5.50. The van der Waals surface area contributed by atoms with Gasteiger partial charge in [-0.15, -0.1) is 11.3 Å². The van der Waals surface area contributed by atoms with Gasteiger partial charge in [0.25, 0.3) is 0 Å². The van der Waals surface area contributed by atoms with Gasteiger partial charge in [-0.3, -0.25) is 4.90 Å². The summed E-state index contributed by atoms with van der Waals surface area (Å²) >= 11 is 7.80. The molecular weight excluding hydrogens is 414 g/mol. The molecule has 1 unspecified atom stereocenters. The van der Waals surface area contributed by atoms with Crippen LogP contribution in [0.2, 0.25) is 5.02 Å². The molecule has 1 aliphatic rings. The fourth-order valence-electron chi connectivity index (χ4n) is 3.82. The van der Waals surface area contributed by atoms with Crippen LogP contribution in [0.5, 0.6) is 0 Å². The summed E-state index contributed by atoms with van der Waals surface area (Å²) in [7, 11) is 0. The van der Waals surface area contributed by atoms with Crippen molar-refractivity contribution >= 4 is 28.1 Å². The Morgan fingerprint density at radius 1 is 0.933 bits per heavy atom. The fourth-order valence-corrected chi connectivity index (χ4v) is 4.65. The van der Waals surface area contributed by atoms with Gasteiger partial charge >= 0.3 is 0 Å². The number of hydrogen-bond acceptors (Lipinski definition) is 5. The van der Waals surface area contributed by atoms with Crippen molar-refractivity contribution in [2.75, 3.05) is 44.2 Å². The Morgan fingerprint density at radius 3 is 2.37 bits per heavy atom. The Hall–Kier alpha value is -1.92. The third-order valence-corrected chi connectivity index (χ3v) is 6.57. The van der Waals surface area contributed by atoms with Crippen LogP contribution in [0.15, 0.2) is 66.2 Å². The lowest BCUT2D eigenvalue weighted by atomic mass is 10.0. The van der Waals surface area contributed by atoms with E-state index in [4.69, 9.17) is 16.3 Å². The molecule has 0 amide bonds. The highest BCUT2D eigenvalue weighted by molar-refractivity contribution is 7.13. The molecule has 4 nitrogen and oxygen atoms in total. The average molecular weight is 442 g/mol. The number of piperazine rings is 1. The molecule has 3 aromatic rings. The Labute approximate surface area is 188 Å². The number of anilines is 1. The summed E-state index contributed by atoms with van der Waals surface area (Å²) in [6, 6.07) is 18.4. The number of nitrogens with zero attached hydrogens (tertiary/aromatic N) is 3. The van der Waals surface area contributed by atoms with Crippen molar-refractivity contribution in [1.82, 2.24) is 9.88 Å². The molecule has 1 aromatic heterocycles. The van der Waals surface area contributed by atoms with E-state index in [0.29, 0.717) is 0 Å². The summed E-state index contributed by atoms with van der Waals surface area (Å²) in [4.78, 5) is 9.37. The molecule has 30 heavy (non-hydrogen) atoms.